The van der Waals surface area contributed by atoms with E-state index in [0.29, 0.717) is 30.2 Å². The Morgan fingerprint density at radius 2 is 1.43 bits per heavy atom. The van der Waals surface area contributed by atoms with Gasteiger partial charge in [-0.05, 0) is 48.7 Å². The molecule has 0 unspecified atom stereocenters. The van der Waals surface area contributed by atoms with Crippen molar-refractivity contribution < 1.29 is 32.3 Å². The minimum atomic E-state index is -3.46. The molecule has 0 aliphatic rings. The van der Waals surface area contributed by atoms with Gasteiger partial charge in [0.15, 0.2) is 5.78 Å². The number of nitrogens with one attached hydrogen (secondary N) is 1. The van der Waals surface area contributed by atoms with Crippen molar-refractivity contribution in [2.24, 2.45) is 0 Å². The lowest BCUT2D eigenvalue weighted by atomic mass is 10.1. The highest BCUT2D eigenvalue weighted by atomic mass is 32.2. The second-order valence-corrected chi connectivity index (χ2v) is 10.8. The summed E-state index contributed by atoms with van der Waals surface area (Å²) >= 11 is 0. The second-order valence-electron chi connectivity index (χ2n) is 9.02. The summed E-state index contributed by atoms with van der Waals surface area (Å²) in [6.07, 6.45) is 5.72. The molecule has 2 aromatic rings. The molecule has 0 saturated heterocycles. The minimum Gasteiger partial charge on any atom is -0.464 e. The van der Waals surface area contributed by atoms with Gasteiger partial charge in [0.25, 0.3) is 0 Å². The van der Waals surface area contributed by atoms with E-state index in [0.717, 1.165) is 31.9 Å². The SMILES string of the molecule is [C-]#[N+]C(=Cc1ccc(N(CC(=O)OCCCC)CC(=O)OCCCC)cc1)C(=O)c1ccc(NS(C)(=O)=O)cc1. The Hall–Kier alpha value is -4.17. The highest BCUT2D eigenvalue weighted by Crippen LogP contribution is 2.20. The van der Waals surface area contributed by atoms with Crippen LogP contribution in [0.2, 0.25) is 0 Å². The first-order valence-corrected chi connectivity index (χ1v) is 14.8. The number of unbranched alkanes of at least 4 members (excludes halogenated alkanes) is 2. The maximum Gasteiger partial charge on any atom is 0.325 e. The summed E-state index contributed by atoms with van der Waals surface area (Å²) in [7, 11) is -3.46. The van der Waals surface area contributed by atoms with Gasteiger partial charge in [-0.1, -0.05) is 51.0 Å². The molecule has 0 saturated carbocycles. The van der Waals surface area contributed by atoms with Crippen molar-refractivity contribution in [3.63, 3.8) is 0 Å². The van der Waals surface area contributed by atoms with E-state index in [1.165, 1.54) is 30.3 Å². The van der Waals surface area contributed by atoms with Crippen LogP contribution in [0, 0.1) is 6.57 Å². The molecule has 0 spiro atoms. The first-order chi connectivity index (χ1) is 19.1. The maximum atomic E-state index is 12.9. The van der Waals surface area contributed by atoms with Crippen molar-refractivity contribution in [2.75, 3.05) is 42.2 Å². The summed E-state index contributed by atoms with van der Waals surface area (Å²) in [5.74, 6) is -1.44. The summed E-state index contributed by atoms with van der Waals surface area (Å²) in [6, 6.07) is 12.5. The van der Waals surface area contributed by atoms with Crippen LogP contribution in [-0.4, -0.2) is 58.7 Å². The van der Waals surface area contributed by atoms with Gasteiger partial charge >= 0.3 is 11.9 Å². The van der Waals surface area contributed by atoms with Crippen molar-refractivity contribution >= 4 is 45.2 Å². The number of esters is 2. The van der Waals surface area contributed by atoms with Crippen LogP contribution in [0.4, 0.5) is 11.4 Å². The third-order valence-electron chi connectivity index (χ3n) is 5.53. The molecule has 2 aromatic carbocycles. The lowest BCUT2D eigenvalue weighted by Gasteiger charge is -2.23. The molecule has 0 aromatic heterocycles. The summed E-state index contributed by atoms with van der Waals surface area (Å²) in [6.45, 7) is 11.8. The Kier molecular flexibility index (Phi) is 12.9. The largest absolute Gasteiger partial charge is 0.464 e. The fourth-order valence-corrected chi connectivity index (χ4v) is 4.01. The van der Waals surface area contributed by atoms with E-state index in [2.05, 4.69) is 9.57 Å². The molecule has 2 rings (SSSR count). The average Bonchev–Trinajstić information content (AvgIpc) is 2.91. The quantitative estimate of drug-likeness (QED) is 0.102. The van der Waals surface area contributed by atoms with Crippen LogP contribution in [0.3, 0.4) is 0 Å². The van der Waals surface area contributed by atoms with Crippen molar-refractivity contribution in [3.8, 4) is 0 Å². The Labute approximate surface area is 235 Å². The molecule has 10 nitrogen and oxygen atoms in total. The standard InChI is InChI=1S/C29H35N3O7S/c1-5-7-17-38-27(33)20-32(21-28(34)39-18-8-6-2)25-15-9-22(10-16-25)19-26(30-3)29(35)23-11-13-24(14-12-23)31-40(4,36)37/h9-16,19,31H,5-8,17-18,20-21H2,1-2,4H3. The summed E-state index contributed by atoms with van der Waals surface area (Å²) < 4.78 is 35.6. The summed E-state index contributed by atoms with van der Waals surface area (Å²) in [5, 5.41) is 0. The molecule has 0 amide bonds. The van der Waals surface area contributed by atoms with Gasteiger partial charge in [0.1, 0.15) is 13.1 Å². The zero-order valence-corrected chi connectivity index (χ0v) is 23.8. The Bertz CT molecular complexity index is 1310. The van der Waals surface area contributed by atoms with E-state index < -0.39 is 27.7 Å². The fourth-order valence-electron chi connectivity index (χ4n) is 3.44. The molecule has 0 atom stereocenters. The molecule has 0 heterocycles. The van der Waals surface area contributed by atoms with E-state index >= 15 is 0 Å². The van der Waals surface area contributed by atoms with Gasteiger partial charge in [-0.15, -0.1) is 0 Å². The van der Waals surface area contributed by atoms with Crippen LogP contribution >= 0.6 is 0 Å². The average molecular weight is 570 g/mol. The number of anilines is 2. The number of Topliss-reactive ketones (excluding diaryl/α,β-unsaturated/α-hetero) is 1. The molecule has 0 radical (unpaired) electrons. The first-order valence-electron chi connectivity index (χ1n) is 12.9. The fraction of sp³-hybridized carbons (Fsp3) is 0.379. The van der Waals surface area contributed by atoms with Crippen molar-refractivity contribution in [1.29, 1.82) is 0 Å². The number of benzene rings is 2. The maximum absolute atomic E-state index is 12.9. The number of hydrogen-bond acceptors (Lipinski definition) is 8. The van der Waals surface area contributed by atoms with E-state index in [4.69, 9.17) is 16.0 Å². The van der Waals surface area contributed by atoms with Crippen LogP contribution < -0.4 is 9.62 Å². The highest BCUT2D eigenvalue weighted by Gasteiger charge is 2.18. The van der Waals surface area contributed by atoms with E-state index in [9.17, 15) is 22.8 Å². The van der Waals surface area contributed by atoms with Crippen molar-refractivity contribution in [2.45, 2.75) is 39.5 Å². The van der Waals surface area contributed by atoms with Crippen LogP contribution in [-0.2, 0) is 29.1 Å². The number of carbonyl (C=O) groups excluding carboxylic acids is 3. The van der Waals surface area contributed by atoms with E-state index in [-0.39, 0.29) is 24.4 Å². The van der Waals surface area contributed by atoms with Crippen LogP contribution in [0.15, 0.2) is 54.2 Å². The topological polar surface area (TPSA) is 123 Å². The third kappa shape index (κ3) is 11.3. The summed E-state index contributed by atoms with van der Waals surface area (Å²) in [5.41, 5.74) is 1.53. The molecule has 0 aliphatic heterocycles. The number of ketones is 1. The van der Waals surface area contributed by atoms with Crippen molar-refractivity contribution in [1.82, 2.24) is 0 Å². The van der Waals surface area contributed by atoms with Gasteiger partial charge in [-0.2, -0.15) is 0 Å². The second kappa shape index (κ2) is 16.1. The monoisotopic (exact) mass is 569 g/mol. The molecule has 0 fully saturated rings. The van der Waals surface area contributed by atoms with Crippen LogP contribution in [0.1, 0.15) is 55.5 Å². The number of carbonyl (C=O) groups is 3. The normalized spacial score (nSPS) is 11.3. The van der Waals surface area contributed by atoms with Gasteiger partial charge in [-0.25, -0.2) is 13.3 Å². The number of rotatable bonds is 16. The number of sulfonamides is 1. The predicted octanol–water partition coefficient (Wildman–Crippen LogP) is 4.69. The lowest BCUT2D eigenvalue weighted by molar-refractivity contribution is -0.143. The number of allylic oxidation sites excluding steroid dienone is 1. The van der Waals surface area contributed by atoms with Gasteiger partial charge in [0, 0.05) is 16.9 Å². The molecule has 214 valence electrons. The molecule has 1 N–H and O–H groups in total. The zero-order valence-electron chi connectivity index (χ0n) is 23.0. The smallest absolute Gasteiger partial charge is 0.325 e. The first kappa shape index (κ1) is 32.0. The van der Waals surface area contributed by atoms with Gasteiger partial charge in [0.2, 0.25) is 15.7 Å². The number of nitrogens with zero attached hydrogens (tertiary/aromatic N) is 2. The highest BCUT2D eigenvalue weighted by molar-refractivity contribution is 7.92. The predicted molar refractivity (Wildman–Crippen MR) is 154 cm³/mol. The molecule has 40 heavy (non-hydrogen) atoms. The number of ether oxygens (including phenoxy) is 2. The molecule has 0 bridgehead atoms. The van der Waals surface area contributed by atoms with Crippen LogP contribution in [0.5, 0.6) is 0 Å². The van der Waals surface area contributed by atoms with Crippen LogP contribution in [0.25, 0.3) is 10.9 Å². The molecule has 11 heteroatoms. The molecule has 0 aliphatic carbocycles. The van der Waals surface area contributed by atoms with Gasteiger partial charge < -0.3 is 19.2 Å². The van der Waals surface area contributed by atoms with E-state index in [1.807, 2.05) is 13.8 Å². The zero-order chi connectivity index (χ0) is 29.5. The van der Waals surface area contributed by atoms with Gasteiger partial charge in [-0.3, -0.25) is 14.3 Å². The van der Waals surface area contributed by atoms with Gasteiger partial charge in [0.05, 0.1) is 26.0 Å². The Balaban J connectivity index is 2.20. The molecular formula is C29H35N3O7S. The number of hydrogen-bond donors (Lipinski definition) is 1. The Morgan fingerprint density at radius 1 is 0.900 bits per heavy atom. The third-order valence-corrected chi connectivity index (χ3v) is 6.13. The summed E-state index contributed by atoms with van der Waals surface area (Å²) in [4.78, 5) is 42.5. The minimum absolute atomic E-state index is 0.132. The Morgan fingerprint density at radius 3 is 1.88 bits per heavy atom. The lowest BCUT2D eigenvalue weighted by Crippen LogP contribution is -2.36. The van der Waals surface area contributed by atoms with E-state index in [1.54, 1.807) is 29.2 Å². The van der Waals surface area contributed by atoms with Crippen molar-refractivity contribution in [3.05, 3.63) is 76.8 Å². The molecular weight excluding hydrogens is 534 g/mol.